The Morgan fingerprint density at radius 2 is 1.78 bits per heavy atom. The Kier molecular flexibility index (Phi) is 4.32. The van der Waals surface area contributed by atoms with Crippen LogP contribution in [-0.2, 0) is 32.2 Å². The molecule has 3 heterocycles. The highest BCUT2D eigenvalue weighted by molar-refractivity contribution is 5.60. The molecule has 0 aliphatic heterocycles. The van der Waals surface area contributed by atoms with E-state index in [0.717, 1.165) is 62.4 Å². The van der Waals surface area contributed by atoms with Crippen LogP contribution in [0.15, 0.2) is 30.9 Å². The number of nitrogens with one attached hydrogen (secondary N) is 1. The lowest BCUT2D eigenvalue weighted by molar-refractivity contribution is 0.612. The fourth-order valence-electron chi connectivity index (χ4n) is 4.23. The highest BCUT2D eigenvalue weighted by Gasteiger charge is 2.20. The lowest BCUT2D eigenvalue weighted by Crippen LogP contribution is -2.16. The number of aryl methyl sites for hydroxylation is 2. The zero-order valence-electron chi connectivity index (χ0n) is 15.5. The lowest BCUT2D eigenvalue weighted by Gasteiger charge is -2.15. The van der Waals surface area contributed by atoms with Gasteiger partial charge in [-0.3, -0.25) is 4.98 Å². The van der Waals surface area contributed by atoms with Gasteiger partial charge in [0.2, 0.25) is 0 Å². The van der Waals surface area contributed by atoms with Gasteiger partial charge in [0, 0.05) is 48.0 Å². The smallest absolute Gasteiger partial charge is 0.161 e. The van der Waals surface area contributed by atoms with Crippen LogP contribution < -0.4 is 5.32 Å². The molecule has 3 aromatic rings. The van der Waals surface area contributed by atoms with E-state index in [-0.39, 0.29) is 0 Å². The van der Waals surface area contributed by atoms with Crippen molar-refractivity contribution in [3.8, 4) is 11.4 Å². The quantitative estimate of drug-likeness (QED) is 0.757. The molecular weight excluding hydrogens is 336 g/mol. The first-order valence-corrected chi connectivity index (χ1v) is 9.95. The van der Waals surface area contributed by atoms with Crippen molar-refractivity contribution in [3.63, 3.8) is 0 Å². The summed E-state index contributed by atoms with van der Waals surface area (Å²) >= 11 is 0. The third kappa shape index (κ3) is 3.20. The molecule has 6 nitrogen and oxygen atoms in total. The first kappa shape index (κ1) is 16.4. The monoisotopic (exact) mass is 360 g/mol. The average molecular weight is 360 g/mol. The molecule has 0 fully saturated rings. The maximum atomic E-state index is 4.85. The van der Waals surface area contributed by atoms with Crippen LogP contribution in [0.2, 0.25) is 0 Å². The van der Waals surface area contributed by atoms with Crippen molar-refractivity contribution in [3.05, 3.63) is 53.5 Å². The maximum absolute atomic E-state index is 4.85. The van der Waals surface area contributed by atoms with Crippen LogP contribution in [0, 0.1) is 0 Å². The Balaban J connectivity index is 1.36. The van der Waals surface area contributed by atoms with Crippen LogP contribution in [-0.4, -0.2) is 31.0 Å². The Hall–Kier alpha value is -2.76. The fourth-order valence-corrected chi connectivity index (χ4v) is 4.23. The number of imidazole rings is 1. The third-order valence-corrected chi connectivity index (χ3v) is 5.63. The molecular formula is C21H24N6. The number of pyridine rings is 1. The summed E-state index contributed by atoms with van der Waals surface area (Å²) in [4.78, 5) is 18.3. The summed E-state index contributed by atoms with van der Waals surface area (Å²) in [5.41, 5.74) is 6.23. The van der Waals surface area contributed by atoms with Gasteiger partial charge in [-0.15, -0.1) is 0 Å². The molecule has 0 amide bonds. The van der Waals surface area contributed by atoms with Crippen molar-refractivity contribution < 1.29 is 0 Å². The minimum Gasteiger partial charge on any atom is -0.368 e. The summed E-state index contributed by atoms with van der Waals surface area (Å²) < 4.78 is 2.31. The van der Waals surface area contributed by atoms with Crippen molar-refractivity contribution in [2.24, 2.45) is 0 Å². The Morgan fingerprint density at radius 1 is 0.926 bits per heavy atom. The standard InChI is InChI=1S/C21H24N6/c1-2-7-19-18(5-1)24-14-27(19)13-12-23-21-16-4-3-6-17(16)25-20(26-21)15-8-10-22-11-9-15/h8-11,14H,1-7,12-13H2,(H,23,25,26). The molecule has 0 saturated carbocycles. The summed E-state index contributed by atoms with van der Waals surface area (Å²) in [7, 11) is 0. The zero-order chi connectivity index (χ0) is 18.1. The van der Waals surface area contributed by atoms with Crippen LogP contribution >= 0.6 is 0 Å². The summed E-state index contributed by atoms with van der Waals surface area (Å²) in [6, 6.07) is 3.94. The number of aromatic nitrogens is 5. The first-order valence-electron chi connectivity index (χ1n) is 9.95. The van der Waals surface area contributed by atoms with Gasteiger partial charge in [0.25, 0.3) is 0 Å². The van der Waals surface area contributed by atoms with Crippen LogP contribution in [0.25, 0.3) is 11.4 Å². The van der Waals surface area contributed by atoms with Crippen LogP contribution in [0.1, 0.15) is 41.9 Å². The number of hydrogen-bond acceptors (Lipinski definition) is 5. The van der Waals surface area contributed by atoms with Crippen LogP contribution in [0.4, 0.5) is 5.82 Å². The molecule has 0 bridgehead atoms. The van der Waals surface area contributed by atoms with E-state index in [1.54, 1.807) is 12.4 Å². The average Bonchev–Trinajstić information content (AvgIpc) is 3.36. The molecule has 0 unspecified atom stereocenters. The minimum absolute atomic E-state index is 0.792. The van der Waals surface area contributed by atoms with Gasteiger partial charge in [-0.2, -0.15) is 0 Å². The van der Waals surface area contributed by atoms with E-state index in [4.69, 9.17) is 9.97 Å². The predicted molar refractivity (Wildman–Crippen MR) is 105 cm³/mol. The molecule has 2 aliphatic carbocycles. The van der Waals surface area contributed by atoms with E-state index >= 15 is 0 Å². The fraction of sp³-hybridized carbons (Fsp3) is 0.429. The van der Waals surface area contributed by atoms with Crippen molar-refractivity contribution in [2.45, 2.75) is 51.5 Å². The molecule has 0 radical (unpaired) electrons. The largest absolute Gasteiger partial charge is 0.368 e. The lowest BCUT2D eigenvalue weighted by atomic mass is 10.0. The molecule has 5 rings (SSSR count). The predicted octanol–water partition coefficient (Wildman–Crippen LogP) is 3.21. The van der Waals surface area contributed by atoms with E-state index in [2.05, 4.69) is 19.9 Å². The molecule has 2 aliphatic rings. The molecule has 6 heteroatoms. The van der Waals surface area contributed by atoms with E-state index in [0.29, 0.717) is 0 Å². The Bertz CT molecular complexity index is 947. The van der Waals surface area contributed by atoms with Crippen molar-refractivity contribution >= 4 is 5.82 Å². The van der Waals surface area contributed by atoms with E-state index in [1.807, 2.05) is 18.5 Å². The number of hydrogen-bond donors (Lipinski definition) is 1. The van der Waals surface area contributed by atoms with E-state index < -0.39 is 0 Å². The van der Waals surface area contributed by atoms with Gasteiger partial charge in [-0.05, 0) is 57.1 Å². The zero-order valence-corrected chi connectivity index (χ0v) is 15.5. The SMILES string of the molecule is c1cc(-c2nc3c(c(NCCn4cnc5c4CCCC5)n2)CCC3)ccn1. The van der Waals surface area contributed by atoms with Gasteiger partial charge in [0.15, 0.2) is 5.82 Å². The van der Waals surface area contributed by atoms with Gasteiger partial charge >= 0.3 is 0 Å². The molecule has 0 atom stereocenters. The van der Waals surface area contributed by atoms with Crippen molar-refractivity contribution in [1.82, 2.24) is 24.5 Å². The summed E-state index contributed by atoms with van der Waals surface area (Å²) in [6.07, 6.45) is 13.7. The molecule has 27 heavy (non-hydrogen) atoms. The number of rotatable bonds is 5. The van der Waals surface area contributed by atoms with Gasteiger partial charge in [-0.1, -0.05) is 0 Å². The highest BCUT2D eigenvalue weighted by atomic mass is 15.1. The second-order valence-corrected chi connectivity index (χ2v) is 7.38. The van der Waals surface area contributed by atoms with Gasteiger partial charge in [-0.25, -0.2) is 15.0 Å². The second kappa shape index (κ2) is 7.10. The van der Waals surface area contributed by atoms with Crippen LogP contribution in [0.5, 0.6) is 0 Å². The van der Waals surface area contributed by atoms with Crippen LogP contribution in [0.3, 0.4) is 0 Å². The topological polar surface area (TPSA) is 68.5 Å². The molecule has 0 aromatic carbocycles. The van der Waals surface area contributed by atoms with Gasteiger partial charge in [0.05, 0.1) is 12.0 Å². The first-order chi connectivity index (χ1) is 13.4. The molecule has 138 valence electrons. The third-order valence-electron chi connectivity index (χ3n) is 5.63. The molecule has 0 spiro atoms. The van der Waals surface area contributed by atoms with Crippen molar-refractivity contribution in [2.75, 3.05) is 11.9 Å². The molecule has 3 aromatic heterocycles. The van der Waals surface area contributed by atoms with E-state index in [1.165, 1.54) is 35.5 Å². The number of anilines is 1. The normalized spacial score (nSPS) is 15.4. The highest BCUT2D eigenvalue weighted by Crippen LogP contribution is 2.29. The summed E-state index contributed by atoms with van der Waals surface area (Å²) in [6.45, 7) is 1.77. The molecule has 0 saturated heterocycles. The number of fused-ring (bicyclic) bond motifs is 2. The Labute approximate surface area is 159 Å². The maximum Gasteiger partial charge on any atom is 0.161 e. The van der Waals surface area contributed by atoms with Crippen molar-refractivity contribution in [1.29, 1.82) is 0 Å². The minimum atomic E-state index is 0.792. The van der Waals surface area contributed by atoms with Gasteiger partial charge < -0.3 is 9.88 Å². The second-order valence-electron chi connectivity index (χ2n) is 7.38. The summed E-state index contributed by atoms with van der Waals surface area (Å²) in [5.74, 6) is 1.79. The Morgan fingerprint density at radius 3 is 2.70 bits per heavy atom. The molecule has 1 N–H and O–H groups in total. The summed E-state index contributed by atoms with van der Waals surface area (Å²) in [5, 5.41) is 3.58. The van der Waals surface area contributed by atoms with Gasteiger partial charge in [0.1, 0.15) is 5.82 Å². The van der Waals surface area contributed by atoms with E-state index in [9.17, 15) is 0 Å². The number of nitrogens with zero attached hydrogens (tertiary/aromatic N) is 5.